The number of benzene rings is 3. The third-order valence-corrected chi connectivity index (χ3v) is 6.33. The average molecular weight is 465 g/mol. The van der Waals surface area contributed by atoms with Gasteiger partial charge in [-0.1, -0.05) is 66.4 Å². The molecule has 1 N–H and O–H groups in total. The Hall–Kier alpha value is -4.04. The first-order valence-corrected chi connectivity index (χ1v) is 12.2. The van der Waals surface area contributed by atoms with Gasteiger partial charge in [-0.05, 0) is 66.6 Å². The van der Waals surface area contributed by atoms with Crippen molar-refractivity contribution in [2.75, 3.05) is 6.54 Å². The van der Waals surface area contributed by atoms with Crippen LogP contribution in [0.2, 0.25) is 0 Å². The highest BCUT2D eigenvalue weighted by Gasteiger charge is 2.28. The minimum atomic E-state index is -0.315. The lowest BCUT2D eigenvalue weighted by atomic mass is 10.0. The summed E-state index contributed by atoms with van der Waals surface area (Å²) in [6.07, 6.45) is 3.60. The number of hydrogen-bond acceptors (Lipinski definition) is 3. The molecule has 0 aromatic heterocycles. The molecule has 176 valence electrons. The number of nitrogens with zero attached hydrogens (tertiary/aromatic N) is 1. The SMILES string of the molecule is O=C(NC1CC1)c1ccc(-c2cccc(C#C[C@@H]3CCCN3C(=O)OCc3ccccc3)c2)cc1. The van der Waals surface area contributed by atoms with Gasteiger partial charge in [0.15, 0.2) is 0 Å². The van der Waals surface area contributed by atoms with E-state index in [-0.39, 0.29) is 24.6 Å². The largest absolute Gasteiger partial charge is 0.445 e. The van der Waals surface area contributed by atoms with E-state index in [1.54, 1.807) is 4.90 Å². The van der Waals surface area contributed by atoms with E-state index in [1.165, 1.54) is 0 Å². The third kappa shape index (κ3) is 5.91. The van der Waals surface area contributed by atoms with Gasteiger partial charge in [0.05, 0.1) is 6.04 Å². The maximum absolute atomic E-state index is 12.6. The summed E-state index contributed by atoms with van der Waals surface area (Å²) in [6.45, 7) is 0.924. The van der Waals surface area contributed by atoms with Crippen LogP contribution in [0, 0.1) is 11.8 Å². The van der Waals surface area contributed by atoms with Crippen molar-refractivity contribution in [1.82, 2.24) is 10.2 Å². The molecule has 35 heavy (non-hydrogen) atoms. The van der Waals surface area contributed by atoms with Crippen molar-refractivity contribution in [1.29, 1.82) is 0 Å². The Kier molecular flexibility index (Phi) is 6.81. The van der Waals surface area contributed by atoms with E-state index in [4.69, 9.17) is 4.74 Å². The van der Waals surface area contributed by atoms with Gasteiger partial charge >= 0.3 is 6.09 Å². The van der Waals surface area contributed by atoms with Gasteiger partial charge < -0.3 is 10.1 Å². The average Bonchev–Trinajstić information content (AvgIpc) is 3.59. The van der Waals surface area contributed by atoms with Crippen molar-refractivity contribution >= 4 is 12.0 Å². The zero-order valence-corrected chi connectivity index (χ0v) is 19.6. The first kappa shape index (κ1) is 22.7. The van der Waals surface area contributed by atoms with Crippen LogP contribution >= 0.6 is 0 Å². The highest BCUT2D eigenvalue weighted by Crippen LogP contribution is 2.23. The van der Waals surface area contributed by atoms with Crippen LogP contribution in [0.4, 0.5) is 4.79 Å². The summed E-state index contributed by atoms with van der Waals surface area (Å²) >= 11 is 0. The fraction of sp³-hybridized carbons (Fsp3) is 0.267. The first-order valence-electron chi connectivity index (χ1n) is 12.2. The summed E-state index contributed by atoms with van der Waals surface area (Å²) in [5.41, 5.74) is 4.61. The summed E-state index contributed by atoms with van der Waals surface area (Å²) in [6, 6.07) is 25.6. The van der Waals surface area contributed by atoms with Crippen molar-refractivity contribution in [3.05, 3.63) is 95.6 Å². The van der Waals surface area contributed by atoms with Gasteiger partial charge in [0.2, 0.25) is 0 Å². The zero-order valence-electron chi connectivity index (χ0n) is 19.6. The molecule has 1 saturated heterocycles. The van der Waals surface area contributed by atoms with Crippen LogP contribution in [0.5, 0.6) is 0 Å². The molecule has 1 aliphatic carbocycles. The zero-order chi connectivity index (χ0) is 24.0. The van der Waals surface area contributed by atoms with Crippen molar-refractivity contribution in [2.24, 2.45) is 0 Å². The van der Waals surface area contributed by atoms with Crippen molar-refractivity contribution in [2.45, 2.75) is 44.4 Å². The van der Waals surface area contributed by atoms with Crippen molar-refractivity contribution in [3.8, 4) is 23.0 Å². The molecule has 5 nitrogen and oxygen atoms in total. The maximum atomic E-state index is 12.6. The van der Waals surface area contributed by atoms with Crippen molar-refractivity contribution in [3.63, 3.8) is 0 Å². The second-order valence-electron chi connectivity index (χ2n) is 9.07. The minimum absolute atomic E-state index is 0.0120. The second-order valence-corrected chi connectivity index (χ2v) is 9.07. The van der Waals surface area contributed by atoms with E-state index in [2.05, 4.69) is 17.2 Å². The predicted octanol–water partition coefficient (Wildman–Crippen LogP) is 5.40. The van der Waals surface area contributed by atoms with Crippen LogP contribution in [0.25, 0.3) is 11.1 Å². The molecule has 2 amide bonds. The van der Waals surface area contributed by atoms with Crippen LogP contribution in [-0.4, -0.2) is 35.5 Å². The molecule has 1 saturated carbocycles. The lowest BCUT2D eigenvalue weighted by molar-refractivity contribution is 0.0949. The number of carbonyl (C=O) groups is 2. The van der Waals surface area contributed by atoms with E-state index in [1.807, 2.05) is 78.9 Å². The summed E-state index contributed by atoms with van der Waals surface area (Å²) < 4.78 is 5.51. The fourth-order valence-electron chi connectivity index (χ4n) is 4.19. The standard InChI is InChI=1S/C30H28N2O3/c33-29(31-27-16-17-27)25-14-12-24(13-15-25)26-9-4-8-22(20-26)11-18-28-10-5-19-32(28)30(34)35-21-23-6-2-1-3-7-23/h1-4,6-9,12-15,20,27-28H,5,10,16-17,19,21H2,(H,31,33)/t28-/m0/s1. The monoisotopic (exact) mass is 464 g/mol. The van der Waals surface area contributed by atoms with E-state index < -0.39 is 0 Å². The first-order chi connectivity index (χ1) is 17.2. The molecule has 0 radical (unpaired) electrons. The Morgan fingerprint density at radius 1 is 0.914 bits per heavy atom. The fourth-order valence-corrected chi connectivity index (χ4v) is 4.19. The molecule has 3 aromatic carbocycles. The number of hydrogen-bond donors (Lipinski definition) is 1. The molecular weight excluding hydrogens is 436 g/mol. The van der Waals surface area contributed by atoms with Crippen LogP contribution in [-0.2, 0) is 11.3 Å². The quantitative estimate of drug-likeness (QED) is 0.515. The minimum Gasteiger partial charge on any atom is -0.445 e. The Morgan fingerprint density at radius 2 is 1.71 bits per heavy atom. The van der Waals surface area contributed by atoms with Crippen LogP contribution in [0.15, 0.2) is 78.9 Å². The predicted molar refractivity (Wildman–Crippen MR) is 136 cm³/mol. The summed E-state index contributed by atoms with van der Waals surface area (Å²) in [4.78, 5) is 26.6. The van der Waals surface area contributed by atoms with Gasteiger partial charge in [-0.3, -0.25) is 9.69 Å². The Morgan fingerprint density at radius 3 is 2.49 bits per heavy atom. The van der Waals surface area contributed by atoms with Gasteiger partial charge in [0, 0.05) is 23.7 Å². The van der Waals surface area contributed by atoms with Gasteiger partial charge in [-0.25, -0.2) is 4.79 Å². The van der Waals surface area contributed by atoms with E-state index in [0.717, 1.165) is 47.9 Å². The number of ether oxygens (including phenoxy) is 1. The number of amides is 2. The second kappa shape index (κ2) is 10.5. The molecule has 0 spiro atoms. The Bertz CT molecular complexity index is 1250. The maximum Gasteiger partial charge on any atom is 0.411 e. The molecule has 3 aromatic rings. The number of nitrogens with one attached hydrogen (secondary N) is 1. The van der Waals surface area contributed by atoms with E-state index >= 15 is 0 Å². The van der Waals surface area contributed by atoms with Crippen LogP contribution in [0.1, 0.15) is 47.2 Å². The summed E-state index contributed by atoms with van der Waals surface area (Å²) in [5.74, 6) is 6.51. The summed E-state index contributed by atoms with van der Waals surface area (Å²) in [5, 5.41) is 3.02. The topological polar surface area (TPSA) is 58.6 Å². The third-order valence-electron chi connectivity index (χ3n) is 6.33. The molecule has 2 fully saturated rings. The molecule has 5 rings (SSSR count). The molecule has 5 heteroatoms. The molecule has 1 aliphatic heterocycles. The van der Waals surface area contributed by atoms with Crippen molar-refractivity contribution < 1.29 is 14.3 Å². The Balaban J connectivity index is 1.23. The smallest absolute Gasteiger partial charge is 0.411 e. The van der Waals surface area contributed by atoms with E-state index in [0.29, 0.717) is 18.2 Å². The van der Waals surface area contributed by atoms with Gasteiger partial charge in [-0.2, -0.15) is 0 Å². The van der Waals surface area contributed by atoms with E-state index in [9.17, 15) is 9.59 Å². The molecule has 0 bridgehead atoms. The molecule has 2 aliphatic rings. The lowest BCUT2D eigenvalue weighted by Crippen LogP contribution is -2.35. The highest BCUT2D eigenvalue weighted by molar-refractivity contribution is 5.95. The van der Waals surface area contributed by atoms with Gasteiger partial charge in [0.1, 0.15) is 6.61 Å². The highest BCUT2D eigenvalue weighted by atomic mass is 16.6. The van der Waals surface area contributed by atoms with Gasteiger partial charge in [0.25, 0.3) is 5.91 Å². The number of rotatable bonds is 5. The Labute approximate surface area is 206 Å². The summed E-state index contributed by atoms with van der Waals surface area (Å²) in [7, 11) is 0. The van der Waals surface area contributed by atoms with Gasteiger partial charge in [-0.15, -0.1) is 0 Å². The number of carbonyl (C=O) groups excluding carboxylic acids is 2. The lowest BCUT2D eigenvalue weighted by Gasteiger charge is -2.20. The normalized spacial score (nSPS) is 16.8. The molecule has 1 atom stereocenters. The molecule has 0 unspecified atom stereocenters. The van der Waals surface area contributed by atoms with Crippen LogP contribution < -0.4 is 5.32 Å². The molecule has 1 heterocycles. The van der Waals surface area contributed by atoms with Crippen LogP contribution in [0.3, 0.4) is 0 Å². The molecular formula is C30H28N2O3. The number of likely N-dealkylation sites (tertiary alicyclic amines) is 1.